The Morgan fingerprint density at radius 3 is 1.87 bits per heavy atom. The van der Waals surface area contributed by atoms with Crippen molar-refractivity contribution in [3.05, 3.63) is 107 Å². The van der Waals surface area contributed by atoms with Crippen LogP contribution in [0.4, 0.5) is 0 Å². The molecule has 0 bridgehead atoms. The predicted molar refractivity (Wildman–Crippen MR) is 133 cm³/mol. The quantitative estimate of drug-likeness (QED) is 0.340. The van der Waals surface area contributed by atoms with Gasteiger partial charge in [0.25, 0.3) is 0 Å². The second-order valence-electron chi connectivity index (χ2n) is 7.76. The molecule has 0 spiro atoms. The largest absolute Gasteiger partial charge is 0.492 e. The minimum Gasteiger partial charge on any atom is -0.492 e. The van der Waals surface area contributed by atoms with Crippen LogP contribution in [0, 0.1) is 0 Å². The highest BCUT2D eigenvalue weighted by atomic mass is 16.5. The number of ether oxygens (including phenoxy) is 1. The molecule has 162 valence electrons. The molecule has 0 amide bonds. The third-order valence-corrected chi connectivity index (χ3v) is 5.82. The molecule has 0 aliphatic rings. The second kappa shape index (κ2) is 12.1. The van der Waals surface area contributed by atoms with Crippen LogP contribution in [-0.4, -0.2) is 31.1 Å². The smallest absolute Gasteiger partial charge is 0.119 e. The SMILES string of the molecule is CCC(Cc1ccccc1)=C(c1ccccc1)c1ccc(OCCN(CC)CC)cc1. The van der Waals surface area contributed by atoms with E-state index in [9.17, 15) is 0 Å². The van der Waals surface area contributed by atoms with Crippen LogP contribution in [0.2, 0.25) is 0 Å². The van der Waals surface area contributed by atoms with E-state index in [0.29, 0.717) is 0 Å². The summed E-state index contributed by atoms with van der Waals surface area (Å²) in [5, 5.41) is 0. The third-order valence-electron chi connectivity index (χ3n) is 5.82. The molecule has 31 heavy (non-hydrogen) atoms. The van der Waals surface area contributed by atoms with Crippen LogP contribution in [0.15, 0.2) is 90.5 Å². The third kappa shape index (κ3) is 6.57. The molecule has 3 rings (SSSR count). The zero-order valence-corrected chi connectivity index (χ0v) is 19.2. The topological polar surface area (TPSA) is 12.5 Å². The van der Waals surface area contributed by atoms with Crippen molar-refractivity contribution >= 4 is 5.57 Å². The van der Waals surface area contributed by atoms with Crippen LogP contribution < -0.4 is 4.74 Å². The fourth-order valence-electron chi connectivity index (χ4n) is 3.96. The van der Waals surface area contributed by atoms with E-state index >= 15 is 0 Å². The molecule has 0 unspecified atom stereocenters. The highest BCUT2D eigenvalue weighted by molar-refractivity contribution is 5.82. The summed E-state index contributed by atoms with van der Waals surface area (Å²) in [5.74, 6) is 0.935. The molecule has 3 aromatic rings. The Morgan fingerprint density at radius 1 is 0.710 bits per heavy atom. The highest BCUT2D eigenvalue weighted by Gasteiger charge is 2.12. The summed E-state index contributed by atoms with van der Waals surface area (Å²) in [6.45, 7) is 10.4. The maximum absolute atomic E-state index is 6.01. The molecule has 2 nitrogen and oxygen atoms in total. The van der Waals surface area contributed by atoms with Gasteiger partial charge < -0.3 is 9.64 Å². The van der Waals surface area contributed by atoms with Gasteiger partial charge in [0.2, 0.25) is 0 Å². The first-order valence-corrected chi connectivity index (χ1v) is 11.5. The van der Waals surface area contributed by atoms with Crippen LogP contribution >= 0.6 is 0 Å². The van der Waals surface area contributed by atoms with Crippen molar-refractivity contribution in [1.29, 1.82) is 0 Å². The zero-order chi connectivity index (χ0) is 21.9. The van der Waals surface area contributed by atoms with E-state index in [2.05, 4.69) is 111 Å². The van der Waals surface area contributed by atoms with Gasteiger partial charge in [-0.25, -0.2) is 0 Å². The van der Waals surface area contributed by atoms with Crippen molar-refractivity contribution in [2.24, 2.45) is 0 Å². The van der Waals surface area contributed by atoms with Crippen molar-refractivity contribution < 1.29 is 4.74 Å². The first-order valence-electron chi connectivity index (χ1n) is 11.5. The molecule has 0 aromatic heterocycles. The predicted octanol–water partition coefficient (Wildman–Crippen LogP) is 6.86. The molecule has 0 radical (unpaired) electrons. The molecular weight excluding hydrogens is 378 g/mol. The minimum absolute atomic E-state index is 0.719. The summed E-state index contributed by atoms with van der Waals surface area (Å²) in [7, 11) is 0. The lowest BCUT2D eigenvalue weighted by Gasteiger charge is -2.19. The molecule has 0 heterocycles. The Kier molecular flexibility index (Phi) is 8.93. The van der Waals surface area contributed by atoms with Gasteiger partial charge in [-0.1, -0.05) is 99.1 Å². The van der Waals surface area contributed by atoms with Gasteiger partial charge in [-0.05, 0) is 60.3 Å². The summed E-state index contributed by atoms with van der Waals surface area (Å²) in [4.78, 5) is 2.38. The normalized spacial score (nSPS) is 12.0. The fraction of sp³-hybridized carbons (Fsp3) is 0.310. The summed E-state index contributed by atoms with van der Waals surface area (Å²) in [6, 6.07) is 30.1. The number of rotatable bonds is 11. The molecule has 0 aliphatic carbocycles. The van der Waals surface area contributed by atoms with E-state index < -0.39 is 0 Å². The zero-order valence-electron chi connectivity index (χ0n) is 19.2. The van der Waals surface area contributed by atoms with Crippen molar-refractivity contribution in [3.63, 3.8) is 0 Å². The van der Waals surface area contributed by atoms with Gasteiger partial charge in [0.1, 0.15) is 12.4 Å². The Bertz CT molecular complexity index is 925. The van der Waals surface area contributed by atoms with Gasteiger partial charge in [0.05, 0.1) is 0 Å². The molecule has 0 atom stereocenters. The number of likely N-dealkylation sites (N-methyl/N-ethyl adjacent to an activating group) is 1. The molecule has 3 aromatic carbocycles. The van der Waals surface area contributed by atoms with Crippen LogP contribution in [0.25, 0.3) is 5.57 Å². The number of nitrogens with zero attached hydrogens (tertiary/aromatic N) is 1. The van der Waals surface area contributed by atoms with E-state index in [0.717, 1.165) is 44.8 Å². The van der Waals surface area contributed by atoms with Crippen molar-refractivity contribution in [2.75, 3.05) is 26.2 Å². The Balaban J connectivity index is 1.86. The Hall–Kier alpha value is -2.84. The van der Waals surface area contributed by atoms with Crippen LogP contribution in [0.5, 0.6) is 5.75 Å². The van der Waals surface area contributed by atoms with Gasteiger partial charge in [0.15, 0.2) is 0 Å². The maximum Gasteiger partial charge on any atom is 0.119 e. The van der Waals surface area contributed by atoms with E-state index in [4.69, 9.17) is 4.74 Å². The Morgan fingerprint density at radius 2 is 1.29 bits per heavy atom. The molecule has 0 fully saturated rings. The molecular formula is C29H35NO. The monoisotopic (exact) mass is 413 g/mol. The summed E-state index contributed by atoms with van der Waals surface area (Å²) in [6.07, 6.45) is 1.98. The van der Waals surface area contributed by atoms with E-state index in [1.807, 2.05) is 0 Å². The van der Waals surface area contributed by atoms with E-state index in [1.54, 1.807) is 0 Å². The fourth-order valence-corrected chi connectivity index (χ4v) is 3.96. The van der Waals surface area contributed by atoms with E-state index in [1.165, 1.54) is 27.8 Å². The summed E-state index contributed by atoms with van der Waals surface area (Å²) < 4.78 is 6.01. The highest BCUT2D eigenvalue weighted by Crippen LogP contribution is 2.31. The lowest BCUT2D eigenvalue weighted by atomic mass is 9.88. The average Bonchev–Trinajstić information content (AvgIpc) is 2.83. The molecule has 2 heteroatoms. The number of allylic oxidation sites excluding steroid dienone is 1. The maximum atomic E-state index is 6.01. The van der Waals surface area contributed by atoms with Gasteiger partial charge in [-0.2, -0.15) is 0 Å². The Labute approximate surface area is 188 Å². The van der Waals surface area contributed by atoms with Gasteiger partial charge in [0, 0.05) is 6.54 Å². The first-order chi connectivity index (χ1) is 15.2. The lowest BCUT2D eigenvalue weighted by Crippen LogP contribution is -2.27. The molecule has 0 aliphatic heterocycles. The van der Waals surface area contributed by atoms with Crippen LogP contribution in [0.1, 0.15) is 43.9 Å². The number of hydrogen-bond donors (Lipinski definition) is 0. The van der Waals surface area contributed by atoms with Gasteiger partial charge >= 0.3 is 0 Å². The number of benzene rings is 3. The van der Waals surface area contributed by atoms with E-state index in [-0.39, 0.29) is 0 Å². The summed E-state index contributed by atoms with van der Waals surface area (Å²) >= 11 is 0. The molecule has 0 saturated heterocycles. The van der Waals surface area contributed by atoms with Crippen LogP contribution in [-0.2, 0) is 6.42 Å². The van der Waals surface area contributed by atoms with Crippen LogP contribution in [0.3, 0.4) is 0 Å². The van der Waals surface area contributed by atoms with Crippen molar-refractivity contribution in [1.82, 2.24) is 4.90 Å². The van der Waals surface area contributed by atoms with Crippen molar-refractivity contribution in [2.45, 2.75) is 33.6 Å². The minimum atomic E-state index is 0.719. The molecule has 0 saturated carbocycles. The summed E-state index contributed by atoms with van der Waals surface area (Å²) in [5.41, 5.74) is 6.65. The van der Waals surface area contributed by atoms with Gasteiger partial charge in [-0.3, -0.25) is 0 Å². The van der Waals surface area contributed by atoms with Gasteiger partial charge in [-0.15, -0.1) is 0 Å². The molecule has 0 N–H and O–H groups in total. The second-order valence-corrected chi connectivity index (χ2v) is 7.76. The lowest BCUT2D eigenvalue weighted by molar-refractivity contribution is 0.223. The first kappa shape index (κ1) is 22.8. The number of hydrogen-bond acceptors (Lipinski definition) is 2. The average molecular weight is 414 g/mol. The van der Waals surface area contributed by atoms with Crippen molar-refractivity contribution in [3.8, 4) is 5.75 Å². The standard InChI is InChI=1S/C29H35NO/c1-4-25(23-24-13-9-7-10-14-24)29(26-15-11-8-12-16-26)27-17-19-28(20-18-27)31-22-21-30(5-2)6-3/h7-20H,4-6,21-23H2,1-3H3.